The maximum atomic E-state index is 13.6. The minimum Gasteiger partial charge on any atom is -0.348 e. The Morgan fingerprint density at radius 3 is 2.56 bits per heavy atom. The van der Waals surface area contributed by atoms with Gasteiger partial charge in [-0.25, -0.2) is 4.39 Å². The number of carbonyl (C=O) groups excluding carboxylic acids is 1. The van der Waals surface area contributed by atoms with E-state index in [2.05, 4.69) is 10.3 Å². The van der Waals surface area contributed by atoms with E-state index in [0.29, 0.717) is 46.1 Å². The van der Waals surface area contributed by atoms with Crippen LogP contribution in [0.1, 0.15) is 32.6 Å². The Kier molecular flexibility index (Phi) is 6.65. The molecule has 174 valence electrons. The Balaban J connectivity index is 1.68. The first-order valence-corrected chi connectivity index (χ1v) is 11.1. The highest BCUT2D eigenvalue weighted by atomic mass is 35.5. The first kappa shape index (κ1) is 23.4. The molecule has 34 heavy (non-hydrogen) atoms. The van der Waals surface area contributed by atoms with Gasteiger partial charge in [0.2, 0.25) is 5.62 Å². The number of amides is 1. The molecule has 2 aromatic carbocycles. The Morgan fingerprint density at radius 1 is 1.09 bits per heavy atom. The number of nitrogens with one attached hydrogen (secondary N) is 2. The van der Waals surface area contributed by atoms with Crippen LogP contribution < -0.4 is 10.9 Å². The van der Waals surface area contributed by atoms with Crippen molar-refractivity contribution in [3.8, 4) is 11.3 Å². The molecule has 0 fully saturated rings. The fourth-order valence-electron chi connectivity index (χ4n) is 3.84. The standard InChI is InChI=1S/C26H25ClFN5O/c1-16-8-18(4-5-23(16)27)13-31-25(34)21-11-19(15-33-7-6-32(3)26(33)29)10-20(12-21)24-17(2)9-22(28)14-30-24/h4-12,14,29H,13,15H2,1-3H3,(H,31,34). The molecular formula is C26H25ClFN5O. The van der Waals surface area contributed by atoms with Crippen molar-refractivity contribution in [1.82, 2.24) is 19.4 Å². The molecule has 4 aromatic rings. The van der Waals surface area contributed by atoms with Crippen LogP contribution in [0, 0.1) is 25.1 Å². The van der Waals surface area contributed by atoms with Gasteiger partial charge >= 0.3 is 0 Å². The van der Waals surface area contributed by atoms with Crippen LogP contribution in [0.15, 0.2) is 61.1 Å². The number of aryl methyl sites for hydroxylation is 3. The van der Waals surface area contributed by atoms with Gasteiger partial charge in [-0.15, -0.1) is 0 Å². The van der Waals surface area contributed by atoms with E-state index in [-0.39, 0.29) is 5.91 Å². The summed E-state index contributed by atoms with van der Waals surface area (Å²) in [5.41, 5.74) is 5.52. The average Bonchev–Trinajstić information content (AvgIpc) is 3.11. The molecule has 0 aliphatic heterocycles. The second-order valence-electron chi connectivity index (χ2n) is 8.36. The lowest BCUT2D eigenvalue weighted by Gasteiger charge is -2.13. The van der Waals surface area contributed by atoms with Crippen LogP contribution in [-0.4, -0.2) is 20.0 Å². The largest absolute Gasteiger partial charge is 0.348 e. The molecule has 0 aliphatic rings. The van der Waals surface area contributed by atoms with Crippen molar-refractivity contribution in [3.05, 3.63) is 105 Å². The van der Waals surface area contributed by atoms with E-state index in [4.69, 9.17) is 17.0 Å². The van der Waals surface area contributed by atoms with Gasteiger partial charge in [-0.05, 0) is 66.4 Å². The number of nitrogens with zero attached hydrogens (tertiary/aromatic N) is 3. The molecule has 0 spiro atoms. The Morgan fingerprint density at radius 2 is 1.88 bits per heavy atom. The SMILES string of the molecule is Cc1cc(CNC(=O)c2cc(Cn3ccn(C)c3=N)cc(-c3ncc(F)cc3C)c2)ccc1Cl. The molecule has 1 amide bonds. The monoisotopic (exact) mass is 477 g/mol. The van der Waals surface area contributed by atoms with Gasteiger partial charge in [-0.1, -0.05) is 23.7 Å². The Hall–Kier alpha value is -3.71. The van der Waals surface area contributed by atoms with Crippen LogP contribution in [0.2, 0.25) is 5.02 Å². The number of halogens is 2. The van der Waals surface area contributed by atoms with Crippen molar-refractivity contribution in [2.45, 2.75) is 26.9 Å². The number of pyridine rings is 1. The van der Waals surface area contributed by atoms with Crippen molar-refractivity contribution in [1.29, 1.82) is 5.41 Å². The zero-order valence-corrected chi connectivity index (χ0v) is 19.9. The van der Waals surface area contributed by atoms with Crippen molar-refractivity contribution in [2.75, 3.05) is 0 Å². The number of hydrogen-bond donors (Lipinski definition) is 2. The van der Waals surface area contributed by atoms with Gasteiger partial charge in [0.05, 0.1) is 18.4 Å². The van der Waals surface area contributed by atoms with Crippen molar-refractivity contribution in [2.24, 2.45) is 7.05 Å². The summed E-state index contributed by atoms with van der Waals surface area (Å²) >= 11 is 6.10. The summed E-state index contributed by atoms with van der Waals surface area (Å²) in [7, 11) is 1.80. The minimum absolute atomic E-state index is 0.236. The molecule has 0 bridgehead atoms. The number of hydrogen-bond acceptors (Lipinski definition) is 3. The topological polar surface area (TPSA) is 75.7 Å². The lowest BCUT2D eigenvalue weighted by atomic mass is 10.00. The summed E-state index contributed by atoms with van der Waals surface area (Å²) in [5, 5.41) is 11.9. The zero-order chi connectivity index (χ0) is 24.4. The van der Waals surface area contributed by atoms with Crippen molar-refractivity contribution >= 4 is 17.5 Å². The first-order valence-electron chi connectivity index (χ1n) is 10.8. The number of imidazole rings is 1. The van der Waals surface area contributed by atoms with E-state index >= 15 is 0 Å². The predicted octanol–water partition coefficient (Wildman–Crippen LogP) is 4.76. The van der Waals surface area contributed by atoms with Crippen LogP contribution in [-0.2, 0) is 20.1 Å². The molecule has 0 radical (unpaired) electrons. The second kappa shape index (κ2) is 9.65. The minimum atomic E-state index is -0.410. The highest BCUT2D eigenvalue weighted by Gasteiger charge is 2.14. The van der Waals surface area contributed by atoms with E-state index in [1.54, 1.807) is 35.4 Å². The summed E-state index contributed by atoms with van der Waals surface area (Å²) in [4.78, 5) is 17.4. The average molecular weight is 478 g/mol. The maximum Gasteiger partial charge on any atom is 0.251 e. The third-order valence-electron chi connectivity index (χ3n) is 5.68. The van der Waals surface area contributed by atoms with E-state index in [1.165, 1.54) is 12.3 Å². The molecule has 2 heterocycles. The highest BCUT2D eigenvalue weighted by Crippen LogP contribution is 2.25. The Labute approximate surface area is 202 Å². The smallest absolute Gasteiger partial charge is 0.251 e. The maximum absolute atomic E-state index is 13.6. The molecule has 4 rings (SSSR count). The van der Waals surface area contributed by atoms with Crippen molar-refractivity contribution in [3.63, 3.8) is 0 Å². The predicted molar refractivity (Wildman–Crippen MR) is 130 cm³/mol. The van der Waals surface area contributed by atoms with E-state index in [0.717, 1.165) is 16.7 Å². The first-order chi connectivity index (χ1) is 16.2. The number of aromatic nitrogens is 3. The third kappa shape index (κ3) is 5.10. The molecule has 0 saturated heterocycles. The summed E-state index contributed by atoms with van der Waals surface area (Å²) < 4.78 is 17.1. The quantitative estimate of drug-likeness (QED) is 0.420. The van der Waals surface area contributed by atoms with Gasteiger partial charge in [-0.3, -0.25) is 15.2 Å². The molecule has 0 saturated carbocycles. The van der Waals surface area contributed by atoms with Crippen molar-refractivity contribution < 1.29 is 9.18 Å². The van der Waals surface area contributed by atoms with Crippen LogP contribution >= 0.6 is 11.6 Å². The van der Waals surface area contributed by atoms with Gasteiger partial charge < -0.3 is 14.5 Å². The van der Waals surface area contributed by atoms with Crippen LogP contribution in [0.3, 0.4) is 0 Å². The molecule has 0 unspecified atom stereocenters. The summed E-state index contributed by atoms with van der Waals surface area (Å²) in [6, 6.07) is 12.6. The third-order valence-corrected chi connectivity index (χ3v) is 6.10. The number of carbonyl (C=O) groups is 1. The van der Waals surface area contributed by atoms with E-state index < -0.39 is 5.82 Å². The van der Waals surface area contributed by atoms with Gasteiger partial charge in [0.15, 0.2) is 0 Å². The van der Waals surface area contributed by atoms with Gasteiger partial charge in [0.1, 0.15) is 5.82 Å². The molecule has 0 atom stereocenters. The molecular weight excluding hydrogens is 453 g/mol. The van der Waals surface area contributed by atoms with Crippen LogP contribution in [0.4, 0.5) is 4.39 Å². The van der Waals surface area contributed by atoms with E-state index in [1.807, 2.05) is 43.5 Å². The Bertz CT molecular complexity index is 1440. The summed E-state index contributed by atoms with van der Waals surface area (Å²) in [5.74, 6) is -0.646. The van der Waals surface area contributed by atoms with Gasteiger partial charge in [0, 0.05) is 42.1 Å². The van der Waals surface area contributed by atoms with Gasteiger partial charge in [0.25, 0.3) is 5.91 Å². The molecule has 2 aromatic heterocycles. The lowest BCUT2D eigenvalue weighted by Crippen LogP contribution is -2.24. The molecule has 0 aliphatic carbocycles. The summed E-state index contributed by atoms with van der Waals surface area (Å²) in [6.45, 7) is 4.47. The second-order valence-corrected chi connectivity index (χ2v) is 8.77. The zero-order valence-electron chi connectivity index (χ0n) is 19.2. The molecule has 2 N–H and O–H groups in total. The van der Waals surface area contributed by atoms with E-state index in [9.17, 15) is 9.18 Å². The number of benzene rings is 2. The van der Waals surface area contributed by atoms with Crippen LogP contribution in [0.25, 0.3) is 11.3 Å². The highest BCUT2D eigenvalue weighted by molar-refractivity contribution is 6.31. The fraction of sp³-hybridized carbons (Fsp3) is 0.192. The molecule has 8 heteroatoms. The normalized spacial score (nSPS) is 11.0. The van der Waals surface area contributed by atoms with Gasteiger partial charge in [-0.2, -0.15) is 0 Å². The molecule has 6 nitrogen and oxygen atoms in total. The lowest BCUT2D eigenvalue weighted by molar-refractivity contribution is 0.0951. The van der Waals surface area contributed by atoms with Crippen LogP contribution in [0.5, 0.6) is 0 Å². The number of rotatable bonds is 6. The summed E-state index contributed by atoms with van der Waals surface area (Å²) in [6.07, 6.45) is 4.80. The fourth-order valence-corrected chi connectivity index (χ4v) is 3.96.